The molecule has 19 heavy (non-hydrogen) atoms. The first-order valence-corrected chi connectivity index (χ1v) is 8.85. The predicted octanol–water partition coefficient (Wildman–Crippen LogP) is 2.87. The highest BCUT2D eigenvalue weighted by Crippen LogP contribution is 2.31. The Morgan fingerprint density at radius 2 is 2.11 bits per heavy atom. The van der Waals surface area contributed by atoms with Gasteiger partial charge in [-0.15, -0.1) is 11.3 Å². The Labute approximate surface area is 116 Å². The highest BCUT2D eigenvalue weighted by Gasteiger charge is 2.12. The van der Waals surface area contributed by atoms with E-state index in [4.69, 9.17) is 5.73 Å². The van der Waals surface area contributed by atoms with Crippen molar-refractivity contribution in [3.63, 3.8) is 0 Å². The fourth-order valence-corrected chi connectivity index (χ4v) is 3.73. The van der Waals surface area contributed by atoms with E-state index >= 15 is 0 Å². The molecule has 1 heterocycles. The molecule has 104 valence electrons. The lowest BCUT2D eigenvalue weighted by atomic mass is 10.1. The smallest absolute Gasteiger partial charge is 0.147 e. The predicted molar refractivity (Wildman–Crippen MR) is 77.7 cm³/mol. The maximum absolute atomic E-state index is 13.1. The summed E-state index contributed by atoms with van der Waals surface area (Å²) in [6, 6.07) is 6.40. The van der Waals surface area contributed by atoms with E-state index in [1.54, 1.807) is 6.07 Å². The zero-order valence-corrected chi connectivity index (χ0v) is 12.2. The van der Waals surface area contributed by atoms with Crippen LogP contribution >= 0.6 is 11.3 Å². The third-order valence-electron chi connectivity index (χ3n) is 2.90. The molecule has 2 N–H and O–H groups in total. The van der Waals surface area contributed by atoms with E-state index in [1.165, 1.54) is 29.7 Å². The van der Waals surface area contributed by atoms with Gasteiger partial charge in [-0.3, -0.25) is 0 Å². The number of rotatable bonds is 5. The van der Waals surface area contributed by atoms with Crippen molar-refractivity contribution in [2.24, 2.45) is 5.73 Å². The molecular formula is C13H16FNO2S2. The zero-order chi connectivity index (χ0) is 14.0. The van der Waals surface area contributed by atoms with Gasteiger partial charge in [-0.1, -0.05) is 6.07 Å². The van der Waals surface area contributed by atoms with Crippen molar-refractivity contribution in [3.05, 3.63) is 35.0 Å². The van der Waals surface area contributed by atoms with Gasteiger partial charge in [-0.25, -0.2) is 12.8 Å². The average molecular weight is 301 g/mol. The Hall–Kier alpha value is -0.980. The quantitative estimate of drug-likeness (QED) is 0.923. The van der Waals surface area contributed by atoms with Gasteiger partial charge in [-0.2, -0.15) is 0 Å². The normalized spacial score (nSPS) is 13.8. The number of fused-ring (bicyclic) bond motifs is 1. The summed E-state index contributed by atoms with van der Waals surface area (Å²) in [4.78, 5) is 0.967. The summed E-state index contributed by atoms with van der Waals surface area (Å²) in [6.07, 6.45) is 2.38. The minimum atomic E-state index is -2.93. The summed E-state index contributed by atoms with van der Waals surface area (Å²) < 4.78 is 36.1. The fourth-order valence-electron chi connectivity index (χ4n) is 1.92. The summed E-state index contributed by atoms with van der Waals surface area (Å²) in [5.41, 5.74) is 6.05. The van der Waals surface area contributed by atoms with Crippen LogP contribution in [0.15, 0.2) is 24.3 Å². The fraction of sp³-hybridized carbons (Fsp3) is 0.385. The van der Waals surface area contributed by atoms with Gasteiger partial charge in [0.15, 0.2) is 0 Å². The molecule has 0 aliphatic heterocycles. The Morgan fingerprint density at radius 1 is 1.37 bits per heavy atom. The molecule has 1 aromatic heterocycles. The van der Waals surface area contributed by atoms with Crippen molar-refractivity contribution in [2.45, 2.75) is 18.9 Å². The molecule has 1 atom stereocenters. The minimum absolute atomic E-state index is 0.153. The summed E-state index contributed by atoms with van der Waals surface area (Å²) in [5, 5.41) is 0.972. The van der Waals surface area contributed by atoms with Crippen LogP contribution in [-0.4, -0.2) is 20.4 Å². The molecule has 6 heteroatoms. The molecule has 3 nitrogen and oxygen atoms in total. The van der Waals surface area contributed by atoms with E-state index in [0.717, 1.165) is 15.0 Å². The van der Waals surface area contributed by atoms with Gasteiger partial charge >= 0.3 is 0 Å². The molecule has 0 amide bonds. The second kappa shape index (κ2) is 5.56. The Kier molecular flexibility index (Phi) is 4.23. The minimum Gasteiger partial charge on any atom is -0.323 e. The average Bonchev–Trinajstić information content (AvgIpc) is 2.70. The first-order chi connectivity index (χ1) is 8.85. The lowest BCUT2D eigenvalue weighted by Gasteiger charge is -2.08. The third-order valence-corrected chi connectivity index (χ3v) is 5.16. The maximum Gasteiger partial charge on any atom is 0.147 e. The van der Waals surface area contributed by atoms with Crippen LogP contribution in [0.4, 0.5) is 4.39 Å². The van der Waals surface area contributed by atoms with Crippen molar-refractivity contribution in [2.75, 3.05) is 12.0 Å². The molecule has 1 aromatic carbocycles. The molecule has 2 rings (SSSR count). The van der Waals surface area contributed by atoms with E-state index in [1.807, 2.05) is 6.07 Å². The second-order valence-electron chi connectivity index (χ2n) is 4.71. The number of halogens is 1. The molecule has 0 saturated carbocycles. The number of nitrogens with two attached hydrogens (primary N) is 1. The monoisotopic (exact) mass is 301 g/mol. The van der Waals surface area contributed by atoms with Crippen LogP contribution in [0.3, 0.4) is 0 Å². The van der Waals surface area contributed by atoms with Gasteiger partial charge in [0.1, 0.15) is 15.7 Å². The molecular weight excluding hydrogens is 285 g/mol. The number of thiophene rings is 1. The number of benzene rings is 1. The summed E-state index contributed by atoms with van der Waals surface area (Å²) in [6.45, 7) is 0. The van der Waals surface area contributed by atoms with E-state index in [-0.39, 0.29) is 17.6 Å². The molecule has 2 aromatic rings. The van der Waals surface area contributed by atoms with E-state index in [0.29, 0.717) is 12.8 Å². The SMILES string of the molecule is CS(=O)(=O)CCCC(N)c1cc2ccc(F)cc2s1. The van der Waals surface area contributed by atoms with Crippen LogP contribution in [-0.2, 0) is 9.84 Å². The van der Waals surface area contributed by atoms with Gasteiger partial charge < -0.3 is 5.73 Å². The second-order valence-corrected chi connectivity index (χ2v) is 8.08. The van der Waals surface area contributed by atoms with Crippen LogP contribution in [0.5, 0.6) is 0 Å². The first kappa shape index (κ1) is 14.4. The van der Waals surface area contributed by atoms with E-state index in [2.05, 4.69) is 0 Å². The molecule has 0 aliphatic carbocycles. The van der Waals surface area contributed by atoms with Crippen LogP contribution in [0, 0.1) is 5.82 Å². The van der Waals surface area contributed by atoms with Crippen LogP contribution in [0.25, 0.3) is 10.1 Å². The van der Waals surface area contributed by atoms with Gasteiger partial charge in [-0.05, 0) is 36.4 Å². The highest BCUT2D eigenvalue weighted by molar-refractivity contribution is 7.90. The number of hydrogen-bond donors (Lipinski definition) is 1. The molecule has 0 radical (unpaired) electrons. The van der Waals surface area contributed by atoms with Gasteiger partial charge in [0.25, 0.3) is 0 Å². The molecule has 0 aliphatic rings. The topological polar surface area (TPSA) is 60.2 Å². The summed E-state index contributed by atoms with van der Waals surface area (Å²) >= 11 is 1.46. The lowest BCUT2D eigenvalue weighted by Crippen LogP contribution is -2.11. The van der Waals surface area contributed by atoms with E-state index in [9.17, 15) is 12.8 Å². The largest absolute Gasteiger partial charge is 0.323 e. The molecule has 0 spiro atoms. The maximum atomic E-state index is 13.1. The number of hydrogen-bond acceptors (Lipinski definition) is 4. The lowest BCUT2D eigenvalue weighted by molar-refractivity contribution is 0.589. The first-order valence-electron chi connectivity index (χ1n) is 5.97. The van der Waals surface area contributed by atoms with Gasteiger partial charge in [0, 0.05) is 27.6 Å². The van der Waals surface area contributed by atoms with Crippen molar-refractivity contribution >= 4 is 31.3 Å². The van der Waals surface area contributed by atoms with Crippen LogP contribution in [0.2, 0.25) is 0 Å². The van der Waals surface area contributed by atoms with Gasteiger partial charge in [0.05, 0.1) is 0 Å². The molecule has 1 unspecified atom stereocenters. The summed E-state index contributed by atoms with van der Waals surface area (Å²) in [5.74, 6) is -0.105. The van der Waals surface area contributed by atoms with Crippen molar-refractivity contribution in [1.82, 2.24) is 0 Å². The Balaban J connectivity index is 2.07. The molecule has 0 bridgehead atoms. The van der Waals surface area contributed by atoms with Gasteiger partial charge in [0.2, 0.25) is 0 Å². The van der Waals surface area contributed by atoms with Crippen LogP contribution in [0.1, 0.15) is 23.8 Å². The standard InChI is InChI=1S/C13H16FNO2S2/c1-19(16,17)6-2-3-11(15)13-7-9-4-5-10(14)8-12(9)18-13/h4-5,7-8,11H,2-3,6,15H2,1H3. The molecule has 0 fully saturated rings. The highest BCUT2D eigenvalue weighted by atomic mass is 32.2. The number of sulfone groups is 1. The van der Waals surface area contributed by atoms with Crippen molar-refractivity contribution in [3.8, 4) is 0 Å². The van der Waals surface area contributed by atoms with Crippen molar-refractivity contribution in [1.29, 1.82) is 0 Å². The Morgan fingerprint density at radius 3 is 2.79 bits per heavy atom. The van der Waals surface area contributed by atoms with E-state index < -0.39 is 9.84 Å². The third kappa shape index (κ3) is 3.99. The molecule has 0 saturated heterocycles. The van der Waals surface area contributed by atoms with Crippen molar-refractivity contribution < 1.29 is 12.8 Å². The zero-order valence-electron chi connectivity index (χ0n) is 10.6. The van der Waals surface area contributed by atoms with Crippen LogP contribution < -0.4 is 5.73 Å². The Bertz CT molecular complexity index is 679. The summed E-state index contributed by atoms with van der Waals surface area (Å²) in [7, 11) is -2.93.